The van der Waals surface area contributed by atoms with Gasteiger partial charge in [0.2, 0.25) is 5.91 Å². The van der Waals surface area contributed by atoms with Crippen molar-refractivity contribution in [1.29, 1.82) is 0 Å². The normalized spacial score (nSPS) is 44.5. The summed E-state index contributed by atoms with van der Waals surface area (Å²) in [5.74, 6) is -0.576. The zero-order chi connectivity index (χ0) is 21.2. The fourth-order valence-corrected chi connectivity index (χ4v) is 3.36. The van der Waals surface area contributed by atoms with Crippen LogP contribution in [0.5, 0.6) is 0 Å². The van der Waals surface area contributed by atoms with E-state index in [-0.39, 0.29) is 0 Å². The first-order valence-electron chi connectivity index (χ1n) is 8.63. The molecule has 2 rings (SSSR count). The number of aliphatic hydroxyl groups excluding tert-OH is 6. The second-order valence-corrected chi connectivity index (χ2v) is 6.76. The van der Waals surface area contributed by atoms with Gasteiger partial charge in [0.25, 0.3) is 6.10 Å². The maximum absolute atomic E-state index is 11.4. The number of carbonyl (C=O) groups excluding carboxylic acids is 1. The van der Waals surface area contributed by atoms with Gasteiger partial charge >= 0.3 is 0 Å². The van der Waals surface area contributed by atoms with Crippen LogP contribution in [0.4, 0.5) is 0 Å². The number of rotatable bonds is 6. The van der Waals surface area contributed by atoms with Gasteiger partial charge in [0, 0.05) is 6.92 Å². The van der Waals surface area contributed by atoms with Crippen LogP contribution in [0, 0.1) is 0 Å². The molecule has 0 aromatic rings. The molecule has 2 aliphatic rings. The van der Waals surface area contributed by atoms with E-state index in [1.54, 1.807) is 0 Å². The molecular weight excluding hydrogens is 386 g/mol. The predicted molar refractivity (Wildman–Crippen MR) is 87.6 cm³/mol. The lowest BCUT2D eigenvalue weighted by atomic mass is 9.95. The van der Waals surface area contributed by atoms with E-state index in [0.29, 0.717) is 0 Å². The summed E-state index contributed by atoms with van der Waals surface area (Å²) in [4.78, 5) is 11.4. The molecule has 0 unspecified atom stereocenters. The van der Waals surface area contributed by atoms with Crippen molar-refractivity contribution in [2.45, 2.75) is 68.3 Å². The first-order chi connectivity index (χ1) is 13.1. The van der Waals surface area contributed by atoms with E-state index in [2.05, 4.69) is 5.32 Å². The molecule has 2 saturated heterocycles. The van der Waals surface area contributed by atoms with Crippen LogP contribution in [0.1, 0.15) is 6.92 Å². The molecule has 164 valence electrons. The third kappa shape index (κ3) is 4.77. The Balaban J connectivity index is 2.27. The van der Waals surface area contributed by atoms with Gasteiger partial charge in [-0.05, 0) is 0 Å². The molecule has 2 fully saturated rings. The molecule has 0 bridgehead atoms. The van der Waals surface area contributed by atoms with E-state index >= 15 is 0 Å². The molecule has 2 aliphatic heterocycles. The highest BCUT2D eigenvalue weighted by molar-refractivity contribution is 5.73. The van der Waals surface area contributed by atoms with E-state index in [1.165, 1.54) is 4.52 Å². The number of carbonyl (C=O) groups is 1. The minimum atomic E-state index is -1.67. The van der Waals surface area contributed by atoms with Crippen LogP contribution in [-0.2, 0) is 23.5 Å². The number of nitrogens with one attached hydrogen (secondary N) is 1. The lowest BCUT2D eigenvalue weighted by molar-refractivity contribution is -0.484. The van der Waals surface area contributed by atoms with E-state index in [0.717, 1.165) is 14.0 Å². The maximum Gasteiger partial charge on any atom is 0.253 e. The minimum Gasteiger partial charge on any atom is -0.394 e. The van der Waals surface area contributed by atoms with Gasteiger partial charge in [-0.2, -0.15) is 0 Å². The molecule has 13 heteroatoms. The minimum absolute atomic E-state index is 0.576. The second kappa shape index (κ2) is 9.69. The highest BCUT2D eigenvalue weighted by atomic mass is 17.2. The van der Waals surface area contributed by atoms with Crippen molar-refractivity contribution >= 4 is 5.91 Å². The van der Waals surface area contributed by atoms with Crippen molar-refractivity contribution in [1.82, 2.24) is 5.32 Å². The third-order valence-corrected chi connectivity index (χ3v) is 4.75. The number of aliphatic hydroxyl groups is 6. The summed E-state index contributed by atoms with van der Waals surface area (Å²) in [5.41, 5.74) is 0. The van der Waals surface area contributed by atoms with Crippen LogP contribution in [0.25, 0.3) is 0 Å². The standard InChI is InChI=1S/C15H27NO12/c1-5(19)16-8-12(9(20)6(3-17)25-14(8)23)27-15-11(22)13(28(2)24)10(21)7(4-18)26-15/h6-15,17-18,20-24H,3-4H2,1-2H3/p+1/t6-,7-,8-,9-,10+,11-,12-,13+,14-,15+/m1/s1. The van der Waals surface area contributed by atoms with Crippen LogP contribution in [-0.4, -0.2) is 123 Å². The molecule has 13 nitrogen and oxygen atoms in total. The summed E-state index contributed by atoms with van der Waals surface area (Å²) < 4.78 is 17.3. The van der Waals surface area contributed by atoms with Gasteiger partial charge < -0.3 is 50.2 Å². The summed E-state index contributed by atoms with van der Waals surface area (Å²) in [6, 6.07) is -1.29. The zero-order valence-corrected chi connectivity index (χ0v) is 15.4. The molecule has 0 aromatic carbocycles. The van der Waals surface area contributed by atoms with Crippen LogP contribution >= 0.6 is 0 Å². The molecule has 10 atom stereocenters. The molecule has 0 spiro atoms. The maximum atomic E-state index is 11.4. The Morgan fingerprint density at radius 3 is 2.11 bits per heavy atom. The fourth-order valence-electron chi connectivity index (χ4n) is 3.36. The summed E-state index contributed by atoms with van der Waals surface area (Å²) in [6.07, 6.45) is -13.3. The van der Waals surface area contributed by atoms with Crippen molar-refractivity contribution in [2.75, 3.05) is 20.3 Å². The van der Waals surface area contributed by atoms with Crippen molar-refractivity contribution in [3.8, 4) is 0 Å². The fraction of sp³-hybridized carbons (Fsp3) is 0.933. The molecular formula is C15H28NO12+. The highest BCUT2D eigenvalue weighted by Gasteiger charge is 2.55. The molecule has 8 N–H and O–H groups in total. The third-order valence-electron chi connectivity index (χ3n) is 4.75. The van der Waals surface area contributed by atoms with Gasteiger partial charge in [0.1, 0.15) is 30.5 Å². The molecule has 0 saturated carbocycles. The van der Waals surface area contributed by atoms with Gasteiger partial charge in [0.15, 0.2) is 31.9 Å². The van der Waals surface area contributed by atoms with Gasteiger partial charge in [0.05, 0.1) is 13.2 Å². The Kier molecular flexibility index (Phi) is 8.06. The topological polar surface area (TPSA) is 201 Å². The highest BCUT2D eigenvalue weighted by Crippen LogP contribution is 2.30. The zero-order valence-electron chi connectivity index (χ0n) is 15.4. The lowest BCUT2D eigenvalue weighted by Gasteiger charge is -2.46. The van der Waals surface area contributed by atoms with Gasteiger partial charge in [-0.1, -0.05) is 0 Å². The molecule has 0 radical (unpaired) electrons. The smallest absolute Gasteiger partial charge is 0.253 e. The number of amides is 1. The van der Waals surface area contributed by atoms with Crippen LogP contribution in [0.2, 0.25) is 0 Å². The van der Waals surface area contributed by atoms with E-state index < -0.39 is 80.5 Å². The first-order valence-corrected chi connectivity index (χ1v) is 8.63. The average Bonchev–Trinajstić information content (AvgIpc) is 2.62. The van der Waals surface area contributed by atoms with Crippen molar-refractivity contribution < 1.29 is 59.4 Å². The first kappa shape index (κ1) is 23.3. The van der Waals surface area contributed by atoms with Crippen LogP contribution in [0.3, 0.4) is 0 Å². The Morgan fingerprint density at radius 1 is 1.04 bits per heavy atom. The SMILES string of the molecule is CC(=O)N[C@@H]1[C@@H](O[C@@H]2O[C@H](CO)[C@H](O)[C@H]([O+](C)O)[C@H]2O)[C@H](O)[C@@H](CO)O[C@H]1O. The molecule has 2 heterocycles. The quantitative estimate of drug-likeness (QED) is 0.118. The van der Waals surface area contributed by atoms with Crippen molar-refractivity contribution in [3.63, 3.8) is 0 Å². The Hall–Kier alpha value is -0.970. The predicted octanol–water partition coefficient (Wildman–Crippen LogP) is -4.59. The molecule has 1 amide bonds. The van der Waals surface area contributed by atoms with E-state index in [1.807, 2.05) is 0 Å². The van der Waals surface area contributed by atoms with Crippen molar-refractivity contribution in [3.05, 3.63) is 0 Å². The summed E-state index contributed by atoms with van der Waals surface area (Å²) in [6.45, 7) is -0.188. The van der Waals surface area contributed by atoms with Crippen molar-refractivity contribution in [2.24, 2.45) is 0 Å². The van der Waals surface area contributed by atoms with Gasteiger partial charge in [-0.15, -0.1) is 5.26 Å². The van der Waals surface area contributed by atoms with Crippen LogP contribution in [0.15, 0.2) is 0 Å². The summed E-state index contributed by atoms with van der Waals surface area (Å²) >= 11 is 0. The van der Waals surface area contributed by atoms with Crippen LogP contribution < -0.4 is 5.32 Å². The Bertz CT molecular complexity index is 521. The Morgan fingerprint density at radius 2 is 1.61 bits per heavy atom. The summed E-state index contributed by atoms with van der Waals surface area (Å²) in [7, 11) is 1.09. The molecule has 0 aromatic heterocycles. The lowest BCUT2D eigenvalue weighted by Crippen LogP contribution is -2.68. The van der Waals surface area contributed by atoms with Gasteiger partial charge in [-0.3, -0.25) is 4.79 Å². The second-order valence-electron chi connectivity index (χ2n) is 6.76. The number of ether oxygens (including phenoxy) is 3. The molecule has 0 aliphatic carbocycles. The number of hydrogen-bond acceptors (Lipinski definition) is 11. The summed E-state index contributed by atoms with van der Waals surface area (Å²) in [5, 5.41) is 71.8. The Labute approximate surface area is 160 Å². The average molecular weight is 414 g/mol. The van der Waals surface area contributed by atoms with E-state index in [9.17, 15) is 40.7 Å². The van der Waals surface area contributed by atoms with E-state index in [4.69, 9.17) is 14.2 Å². The number of hydrogen-bond donors (Lipinski definition) is 8. The van der Waals surface area contributed by atoms with Gasteiger partial charge in [-0.25, -0.2) is 4.52 Å². The largest absolute Gasteiger partial charge is 0.394 e. The monoisotopic (exact) mass is 414 g/mol. The molecule has 28 heavy (non-hydrogen) atoms.